The number of hydrogen-bond donors (Lipinski definition) is 2. The molecular weight excluding hydrogens is 394 g/mol. The van der Waals surface area contributed by atoms with Crippen LogP contribution in [0.15, 0.2) is 22.7 Å². The molecule has 120 valence electrons. The fourth-order valence-corrected chi connectivity index (χ4v) is 5.22. The molecule has 1 aliphatic carbocycles. The third kappa shape index (κ3) is 3.41. The van der Waals surface area contributed by atoms with E-state index in [2.05, 4.69) is 50.2 Å². The molecule has 2 heterocycles. The molecule has 0 aliphatic heterocycles. The predicted molar refractivity (Wildman–Crippen MR) is 103 cm³/mol. The Balaban J connectivity index is 2.07. The predicted octanol–water partition coefficient (Wildman–Crippen LogP) is 4.91. The van der Waals surface area contributed by atoms with E-state index in [1.165, 1.54) is 4.88 Å². The van der Waals surface area contributed by atoms with E-state index >= 15 is 0 Å². The second-order valence-corrected chi connectivity index (χ2v) is 7.68. The summed E-state index contributed by atoms with van der Waals surface area (Å²) in [7, 11) is 0. The van der Waals surface area contributed by atoms with Crippen molar-refractivity contribution in [2.24, 2.45) is 5.73 Å². The van der Waals surface area contributed by atoms with Crippen molar-refractivity contribution in [2.75, 3.05) is 11.9 Å². The zero-order chi connectivity index (χ0) is 16.4. The van der Waals surface area contributed by atoms with Crippen molar-refractivity contribution >= 4 is 54.8 Å². The van der Waals surface area contributed by atoms with Crippen molar-refractivity contribution in [1.29, 1.82) is 0 Å². The fourth-order valence-electron chi connectivity index (χ4n) is 2.76. The van der Waals surface area contributed by atoms with Crippen LogP contribution in [0.25, 0.3) is 10.2 Å². The minimum absolute atomic E-state index is 0.141. The van der Waals surface area contributed by atoms with Gasteiger partial charge in [-0.15, -0.1) is 17.3 Å². The number of hydrogen-bond acceptors (Lipinski definition) is 4. The Labute approximate surface area is 153 Å². The van der Waals surface area contributed by atoms with Crippen LogP contribution >= 0.6 is 38.9 Å². The Bertz CT molecular complexity index is 819. The van der Waals surface area contributed by atoms with Crippen LogP contribution in [0.5, 0.6) is 0 Å². The van der Waals surface area contributed by atoms with Gasteiger partial charge >= 0.3 is 0 Å². The summed E-state index contributed by atoms with van der Waals surface area (Å²) in [6.45, 7) is 2.41. The van der Waals surface area contributed by atoms with Crippen molar-refractivity contribution in [2.45, 2.75) is 31.7 Å². The summed E-state index contributed by atoms with van der Waals surface area (Å²) in [6, 6.07) is 2.00. The minimum atomic E-state index is 0.141. The lowest BCUT2D eigenvalue weighted by atomic mass is 9.88. The van der Waals surface area contributed by atoms with Crippen LogP contribution in [0.2, 0.25) is 5.15 Å². The Morgan fingerprint density at radius 2 is 2.26 bits per heavy atom. The number of anilines is 1. The molecule has 3 nitrogen and oxygen atoms in total. The monoisotopic (exact) mass is 409 g/mol. The van der Waals surface area contributed by atoms with Crippen LogP contribution in [-0.4, -0.2) is 17.6 Å². The fraction of sp³-hybridized carbons (Fsp3) is 0.353. The first-order valence-electron chi connectivity index (χ1n) is 7.44. The van der Waals surface area contributed by atoms with Crippen LogP contribution in [0, 0.1) is 11.8 Å². The average molecular weight is 411 g/mol. The molecule has 0 saturated heterocycles. The van der Waals surface area contributed by atoms with E-state index in [1.54, 1.807) is 11.3 Å². The van der Waals surface area contributed by atoms with Crippen LogP contribution in [0.4, 0.5) is 5.69 Å². The molecule has 23 heavy (non-hydrogen) atoms. The number of aromatic nitrogens is 1. The van der Waals surface area contributed by atoms with Gasteiger partial charge in [-0.25, -0.2) is 4.98 Å². The molecule has 1 aliphatic rings. The van der Waals surface area contributed by atoms with Gasteiger partial charge in [0, 0.05) is 22.9 Å². The first-order chi connectivity index (χ1) is 11.1. The maximum Gasteiger partial charge on any atom is 0.131 e. The lowest BCUT2D eigenvalue weighted by molar-refractivity contribution is 0.527. The summed E-state index contributed by atoms with van der Waals surface area (Å²) in [6.07, 6.45) is 6.25. The first kappa shape index (κ1) is 16.8. The number of nitrogens with two attached hydrogens (primary N) is 1. The molecule has 0 unspecified atom stereocenters. The standard InChI is InChI=1S/C17H17BrClN3S/c1-2-3-8-21-12-9-13(19)22-15-14(18)16(23-17(12)15)10-6-4-5-7-11(10)20/h4-5,9-11H,6-8,20H2,1H3,(H,21,22)/t10-,11-/m0/s1. The van der Waals surface area contributed by atoms with E-state index < -0.39 is 0 Å². The van der Waals surface area contributed by atoms with E-state index in [9.17, 15) is 0 Å². The number of allylic oxidation sites excluding steroid dienone is 1. The quantitative estimate of drug-likeness (QED) is 0.429. The summed E-state index contributed by atoms with van der Waals surface area (Å²) in [5.74, 6) is 6.21. The number of rotatable bonds is 3. The Kier molecular flexibility index (Phi) is 5.27. The lowest BCUT2D eigenvalue weighted by Gasteiger charge is -2.24. The van der Waals surface area contributed by atoms with Crippen LogP contribution in [0.3, 0.4) is 0 Å². The van der Waals surface area contributed by atoms with Gasteiger partial charge in [-0.3, -0.25) is 0 Å². The second kappa shape index (κ2) is 7.23. The molecule has 3 rings (SSSR count). The van der Waals surface area contributed by atoms with Gasteiger partial charge < -0.3 is 11.1 Å². The van der Waals surface area contributed by atoms with Crippen LogP contribution in [0.1, 0.15) is 30.6 Å². The maximum atomic E-state index is 6.32. The van der Waals surface area contributed by atoms with Gasteiger partial charge in [0.25, 0.3) is 0 Å². The molecule has 0 spiro atoms. The van der Waals surface area contributed by atoms with Gasteiger partial charge in [-0.2, -0.15) is 0 Å². The zero-order valence-electron chi connectivity index (χ0n) is 12.7. The number of thiophene rings is 1. The summed E-state index contributed by atoms with van der Waals surface area (Å²) in [4.78, 5) is 5.75. The van der Waals surface area contributed by atoms with E-state index in [1.807, 2.05) is 13.0 Å². The van der Waals surface area contributed by atoms with Gasteiger partial charge in [-0.05, 0) is 35.7 Å². The summed E-state index contributed by atoms with van der Waals surface area (Å²) < 4.78 is 2.11. The highest BCUT2D eigenvalue weighted by molar-refractivity contribution is 9.10. The SMILES string of the molecule is CC#CCNc1cc(Cl)nc2c(Br)c([C@H]3CC=CC[C@@H]3N)sc12. The summed E-state index contributed by atoms with van der Waals surface area (Å²) in [5.41, 5.74) is 8.19. The van der Waals surface area contributed by atoms with Crippen LogP contribution < -0.4 is 11.1 Å². The molecule has 6 heteroatoms. The van der Waals surface area contributed by atoms with Gasteiger partial charge in [0.2, 0.25) is 0 Å². The van der Waals surface area contributed by atoms with Gasteiger partial charge in [0.15, 0.2) is 0 Å². The first-order valence-corrected chi connectivity index (χ1v) is 9.43. The van der Waals surface area contributed by atoms with E-state index in [0.29, 0.717) is 17.6 Å². The largest absolute Gasteiger partial charge is 0.373 e. The number of halogens is 2. The normalized spacial score (nSPS) is 20.3. The number of nitrogens with one attached hydrogen (secondary N) is 1. The Morgan fingerprint density at radius 1 is 1.48 bits per heavy atom. The zero-order valence-corrected chi connectivity index (χ0v) is 15.9. The van der Waals surface area contributed by atoms with Gasteiger partial charge in [-0.1, -0.05) is 29.7 Å². The Morgan fingerprint density at radius 3 is 3.00 bits per heavy atom. The second-order valence-electron chi connectivity index (χ2n) is 5.44. The van der Waals surface area contributed by atoms with E-state index in [-0.39, 0.29) is 6.04 Å². The van der Waals surface area contributed by atoms with Crippen molar-refractivity contribution in [3.8, 4) is 11.8 Å². The number of nitrogens with zero attached hydrogens (tertiary/aromatic N) is 1. The lowest BCUT2D eigenvalue weighted by Crippen LogP contribution is -2.29. The summed E-state index contributed by atoms with van der Waals surface area (Å²) >= 11 is 11.6. The van der Waals surface area contributed by atoms with Crippen molar-refractivity contribution in [3.05, 3.63) is 32.7 Å². The topological polar surface area (TPSA) is 50.9 Å². The van der Waals surface area contributed by atoms with Crippen molar-refractivity contribution in [3.63, 3.8) is 0 Å². The summed E-state index contributed by atoms with van der Waals surface area (Å²) in [5, 5.41) is 3.80. The number of pyridine rings is 1. The molecule has 3 N–H and O–H groups in total. The van der Waals surface area contributed by atoms with E-state index in [0.717, 1.165) is 33.2 Å². The molecule has 0 fully saturated rings. The number of fused-ring (bicyclic) bond motifs is 1. The molecule has 0 bridgehead atoms. The van der Waals surface area contributed by atoms with Gasteiger partial charge in [0.1, 0.15) is 5.15 Å². The minimum Gasteiger partial charge on any atom is -0.373 e. The Hall–Kier alpha value is -1.06. The third-order valence-electron chi connectivity index (χ3n) is 3.94. The molecule has 2 aromatic heterocycles. The highest BCUT2D eigenvalue weighted by atomic mass is 79.9. The maximum absolute atomic E-state index is 6.32. The smallest absolute Gasteiger partial charge is 0.131 e. The van der Waals surface area contributed by atoms with Crippen molar-refractivity contribution < 1.29 is 0 Å². The highest BCUT2D eigenvalue weighted by Gasteiger charge is 2.27. The highest BCUT2D eigenvalue weighted by Crippen LogP contribution is 2.45. The van der Waals surface area contributed by atoms with Crippen LogP contribution in [-0.2, 0) is 0 Å². The molecule has 0 aromatic carbocycles. The van der Waals surface area contributed by atoms with E-state index in [4.69, 9.17) is 17.3 Å². The molecule has 2 aromatic rings. The third-order valence-corrected chi connectivity index (χ3v) is 6.54. The van der Waals surface area contributed by atoms with Gasteiger partial charge in [0.05, 0.1) is 26.9 Å². The molecular formula is C17H17BrClN3S. The molecule has 2 atom stereocenters. The van der Waals surface area contributed by atoms with Crippen molar-refractivity contribution in [1.82, 2.24) is 4.98 Å². The molecule has 0 saturated carbocycles. The molecule has 0 radical (unpaired) electrons. The molecule has 0 amide bonds. The average Bonchev–Trinajstić information content (AvgIpc) is 2.85.